The summed E-state index contributed by atoms with van der Waals surface area (Å²) in [6.07, 6.45) is 3.46. The fourth-order valence-electron chi connectivity index (χ4n) is 2.08. The molecule has 0 aliphatic carbocycles. The van der Waals surface area contributed by atoms with E-state index in [0.29, 0.717) is 17.3 Å². The largest absolute Gasteiger partial charge is 0.420 e. The molecule has 2 aromatic rings. The molecule has 5 nitrogen and oxygen atoms in total. The van der Waals surface area contributed by atoms with Crippen LogP contribution in [0, 0.1) is 0 Å². The van der Waals surface area contributed by atoms with Crippen molar-refractivity contribution in [2.75, 3.05) is 0 Å². The second-order valence-electron chi connectivity index (χ2n) is 4.54. The molecule has 1 heterocycles. The summed E-state index contributed by atoms with van der Waals surface area (Å²) in [5.41, 5.74) is 1.49. The molecule has 1 N–H and O–H groups in total. The molecule has 0 saturated carbocycles. The third kappa shape index (κ3) is 3.51. The first-order chi connectivity index (χ1) is 10.2. The van der Waals surface area contributed by atoms with Crippen molar-refractivity contribution in [1.82, 2.24) is 9.88 Å². The van der Waals surface area contributed by atoms with Crippen molar-refractivity contribution in [2.24, 2.45) is 0 Å². The first-order valence-electron chi connectivity index (χ1n) is 6.78. The standard InChI is InChI=1S/C16H18N2O3/c1-3-13-14(4-2)21-16(20)18(13)11-15(19)17-10-12-8-6-5-7-9-12/h3-9H,10-11H2,1-2H3,(H,17,19). The van der Waals surface area contributed by atoms with Gasteiger partial charge in [-0.25, -0.2) is 4.79 Å². The molecular weight excluding hydrogens is 268 g/mol. The first-order valence-corrected chi connectivity index (χ1v) is 6.78. The molecule has 0 atom stereocenters. The van der Waals surface area contributed by atoms with Gasteiger partial charge < -0.3 is 9.73 Å². The molecule has 0 unspecified atom stereocenters. The summed E-state index contributed by atoms with van der Waals surface area (Å²) >= 11 is 0. The van der Waals surface area contributed by atoms with Crippen molar-refractivity contribution in [1.29, 1.82) is 0 Å². The maximum atomic E-state index is 12.0. The average molecular weight is 286 g/mol. The van der Waals surface area contributed by atoms with Crippen molar-refractivity contribution in [2.45, 2.75) is 26.9 Å². The summed E-state index contributed by atoms with van der Waals surface area (Å²) < 4.78 is 6.42. The van der Waals surface area contributed by atoms with Crippen molar-refractivity contribution in [3.63, 3.8) is 0 Å². The summed E-state index contributed by atoms with van der Waals surface area (Å²) in [5, 5.41) is 3.41. The third-order valence-electron chi connectivity index (χ3n) is 3.13. The van der Waals surface area contributed by atoms with Crippen LogP contribution in [0.15, 0.2) is 39.5 Å². The van der Waals surface area contributed by atoms with E-state index in [9.17, 15) is 9.59 Å². The van der Waals surface area contributed by atoms with E-state index in [-0.39, 0.29) is 12.5 Å². The minimum atomic E-state index is -0.522. The van der Waals surface area contributed by atoms with E-state index in [4.69, 9.17) is 4.42 Å². The second-order valence-corrected chi connectivity index (χ2v) is 4.54. The van der Waals surface area contributed by atoms with Gasteiger partial charge in [-0.2, -0.15) is 0 Å². The molecule has 1 amide bonds. The number of aromatic nitrogens is 1. The van der Waals surface area contributed by atoms with Crippen LogP contribution in [-0.4, -0.2) is 10.5 Å². The van der Waals surface area contributed by atoms with Crippen molar-refractivity contribution >= 4 is 18.1 Å². The fraction of sp³-hybridized carbons (Fsp3) is 0.250. The SMILES string of the molecule is CC=c1oc(=O)n(CC(=O)NCc2ccccc2)c1=CC. The number of carbonyl (C=O) groups excluding carboxylic acids is 1. The summed E-state index contributed by atoms with van der Waals surface area (Å²) in [4.78, 5) is 23.7. The number of oxazole rings is 1. The zero-order valence-electron chi connectivity index (χ0n) is 12.1. The normalized spacial score (nSPS) is 12.7. The van der Waals surface area contributed by atoms with Gasteiger partial charge in [-0.15, -0.1) is 0 Å². The van der Waals surface area contributed by atoms with E-state index in [1.165, 1.54) is 4.57 Å². The Balaban J connectivity index is 2.11. The first kappa shape index (κ1) is 14.8. The Kier molecular flexibility index (Phi) is 4.77. The Morgan fingerprint density at radius 3 is 2.57 bits per heavy atom. The number of hydrogen-bond donors (Lipinski definition) is 1. The lowest BCUT2D eigenvalue weighted by Crippen LogP contribution is -2.38. The van der Waals surface area contributed by atoms with Crippen LogP contribution in [0.5, 0.6) is 0 Å². The molecule has 1 aromatic carbocycles. The number of carbonyl (C=O) groups is 1. The maximum absolute atomic E-state index is 12.0. The van der Waals surface area contributed by atoms with Gasteiger partial charge in [0.1, 0.15) is 6.54 Å². The lowest BCUT2D eigenvalue weighted by molar-refractivity contribution is -0.121. The van der Waals surface area contributed by atoms with Crippen molar-refractivity contribution in [3.05, 3.63) is 57.2 Å². The van der Waals surface area contributed by atoms with E-state index in [1.54, 1.807) is 26.0 Å². The van der Waals surface area contributed by atoms with Crippen LogP contribution in [-0.2, 0) is 17.9 Å². The molecule has 0 fully saturated rings. The van der Waals surface area contributed by atoms with Gasteiger partial charge in [-0.3, -0.25) is 9.36 Å². The predicted molar refractivity (Wildman–Crippen MR) is 80.8 cm³/mol. The summed E-state index contributed by atoms with van der Waals surface area (Å²) in [7, 11) is 0. The van der Waals surface area contributed by atoms with Gasteiger partial charge in [0.15, 0.2) is 5.42 Å². The summed E-state index contributed by atoms with van der Waals surface area (Å²) in [6, 6.07) is 9.60. The topological polar surface area (TPSA) is 64.2 Å². The van der Waals surface area contributed by atoms with E-state index < -0.39 is 5.76 Å². The Labute approximate surface area is 122 Å². The quantitative estimate of drug-likeness (QED) is 0.882. The molecule has 2 rings (SSSR count). The van der Waals surface area contributed by atoms with Crippen LogP contribution in [0.1, 0.15) is 19.4 Å². The minimum absolute atomic E-state index is 0.0529. The highest BCUT2D eigenvalue weighted by Gasteiger charge is 2.09. The van der Waals surface area contributed by atoms with Gasteiger partial charge in [0.05, 0.1) is 5.35 Å². The molecule has 0 saturated heterocycles. The van der Waals surface area contributed by atoms with Crippen LogP contribution in [0.4, 0.5) is 0 Å². The van der Waals surface area contributed by atoms with Crippen LogP contribution >= 0.6 is 0 Å². The van der Waals surface area contributed by atoms with E-state index in [2.05, 4.69) is 5.32 Å². The van der Waals surface area contributed by atoms with Crippen LogP contribution in [0.2, 0.25) is 0 Å². The summed E-state index contributed by atoms with van der Waals surface area (Å²) in [5.74, 6) is -0.751. The van der Waals surface area contributed by atoms with Crippen molar-refractivity contribution < 1.29 is 9.21 Å². The molecule has 0 aliphatic heterocycles. The van der Waals surface area contributed by atoms with Gasteiger partial charge in [-0.05, 0) is 25.5 Å². The maximum Gasteiger partial charge on any atom is 0.420 e. The average Bonchev–Trinajstić information content (AvgIpc) is 2.81. The lowest BCUT2D eigenvalue weighted by atomic mass is 10.2. The summed E-state index contributed by atoms with van der Waals surface area (Å²) in [6.45, 7) is 3.97. The fourth-order valence-corrected chi connectivity index (χ4v) is 2.08. The second kappa shape index (κ2) is 6.74. The minimum Gasteiger partial charge on any atom is -0.408 e. The number of nitrogens with one attached hydrogen (secondary N) is 1. The number of amides is 1. The smallest absolute Gasteiger partial charge is 0.408 e. The Bertz CT molecular complexity index is 785. The predicted octanol–water partition coefficient (Wildman–Crippen LogP) is 0.359. The molecule has 0 radical (unpaired) electrons. The van der Waals surface area contributed by atoms with Crippen molar-refractivity contribution in [3.8, 4) is 0 Å². The Hall–Kier alpha value is -2.56. The molecule has 0 bridgehead atoms. The van der Waals surface area contributed by atoms with E-state index in [1.807, 2.05) is 30.3 Å². The molecule has 0 aliphatic rings. The number of hydrogen-bond acceptors (Lipinski definition) is 3. The van der Waals surface area contributed by atoms with Crippen LogP contribution in [0.25, 0.3) is 12.2 Å². The number of rotatable bonds is 4. The highest BCUT2D eigenvalue weighted by molar-refractivity contribution is 5.75. The third-order valence-corrected chi connectivity index (χ3v) is 3.13. The Morgan fingerprint density at radius 2 is 1.95 bits per heavy atom. The zero-order chi connectivity index (χ0) is 15.2. The van der Waals surface area contributed by atoms with Crippen LogP contribution in [0.3, 0.4) is 0 Å². The van der Waals surface area contributed by atoms with Gasteiger partial charge in [0, 0.05) is 6.54 Å². The van der Waals surface area contributed by atoms with Gasteiger partial charge in [0.2, 0.25) is 5.91 Å². The van der Waals surface area contributed by atoms with E-state index in [0.717, 1.165) is 5.56 Å². The van der Waals surface area contributed by atoms with E-state index >= 15 is 0 Å². The molecular formula is C16H18N2O3. The number of benzene rings is 1. The monoisotopic (exact) mass is 286 g/mol. The molecule has 5 heteroatoms. The highest BCUT2D eigenvalue weighted by Crippen LogP contribution is 1.96. The van der Waals surface area contributed by atoms with Gasteiger partial charge in [0.25, 0.3) is 0 Å². The molecule has 0 spiro atoms. The zero-order valence-corrected chi connectivity index (χ0v) is 12.1. The number of nitrogens with zero attached hydrogens (tertiary/aromatic N) is 1. The van der Waals surface area contributed by atoms with Gasteiger partial charge in [-0.1, -0.05) is 36.4 Å². The lowest BCUT2D eigenvalue weighted by Gasteiger charge is -2.05. The molecule has 21 heavy (non-hydrogen) atoms. The highest BCUT2D eigenvalue weighted by atomic mass is 16.4. The Morgan fingerprint density at radius 1 is 1.24 bits per heavy atom. The molecule has 110 valence electrons. The van der Waals surface area contributed by atoms with Gasteiger partial charge >= 0.3 is 5.76 Å². The van der Waals surface area contributed by atoms with Crippen LogP contribution < -0.4 is 21.8 Å². The molecule has 1 aromatic heterocycles.